The lowest BCUT2D eigenvalue weighted by Gasteiger charge is -2.15. The molecular formula is C22H18N2O5. The third kappa shape index (κ3) is 4.19. The van der Waals surface area contributed by atoms with Crippen LogP contribution < -0.4 is 15.0 Å². The van der Waals surface area contributed by atoms with Crippen molar-refractivity contribution in [2.24, 2.45) is 0 Å². The highest BCUT2D eigenvalue weighted by molar-refractivity contribution is 6.02. The second kappa shape index (κ2) is 8.02. The van der Waals surface area contributed by atoms with E-state index >= 15 is 0 Å². The number of hydrogen-bond acceptors (Lipinski definition) is 5. The smallest absolute Gasteiger partial charge is 0.343 e. The summed E-state index contributed by atoms with van der Waals surface area (Å²) in [5, 5.41) is 2.68. The summed E-state index contributed by atoms with van der Waals surface area (Å²) in [6, 6.07) is 16.4. The Hall–Kier alpha value is -3.87. The fraction of sp³-hybridized carbons (Fsp3) is 0.136. The van der Waals surface area contributed by atoms with Crippen LogP contribution in [0.25, 0.3) is 0 Å². The van der Waals surface area contributed by atoms with Crippen molar-refractivity contribution in [3.8, 4) is 5.75 Å². The molecule has 0 aliphatic carbocycles. The summed E-state index contributed by atoms with van der Waals surface area (Å²) in [6.45, 7) is 0.709. The normalized spacial score (nSPS) is 13.4. The lowest BCUT2D eigenvalue weighted by molar-refractivity contribution is -0.117. The van der Waals surface area contributed by atoms with Gasteiger partial charge in [-0.25, -0.2) is 4.79 Å². The van der Waals surface area contributed by atoms with Crippen LogP contribution >= 0.6 is 0 Å². The molecule has 1 aromatic heterocycles. The van der Waals surface area contributed by atoms with Crippen LogP contribution in [0, 0.1) is 0 Å². The monoisotopic (exact) mass is 390 g/mol. The Morgan fingerprint density at radius 3 is 2.38 bits per heavy atom. The van der Waals surface area contributed by atoms with Crippen molar-refractivity contribution < 1.29 is 23.5 Å². The van der Waals surface area contributed by atoms with Gasteiger partial charge in [0.25, 0.3) is 5.91 Å². The van der Waals surface area contributed by atoms with Gasteiger partial charge in [-0.15, -0.1) is 0 Å². The quantitative estimate of drug-likeness (QED) is 0.528. The molecule has 1 aliphatic rings. The minimum atomic E-state index is -0.515. The van der Waals surface area contributed by atoms with Crippen molar-refractivity contribution in [2.75, 3.05) is 16.8 Å². The van der Waals surface area contributed by atoms with Gasteiger partial charge in [0.15, 0.2) is 5.76 Å². The summed E-state index contributed by atoms with van der Waals surface area (Å²) in [5.41, 5.74) is 1.67. The number of furan rings is 1. The molecule has 1 fully saturated rings. The van der Waals surface area contributed by atoms with Crippen molar-refractivity contribution in [3.05, 3.63) is 78.3 Å². The lowest BCUT2D eigenvalue weighted by Crippen LogP contribution is -2.23. The Balaban J connectivity index is 1.37. The first-order valence-electron chi connectivity index (χ1n) is 9.18. The van der Waals surface area contributed by atoms with E-state index in [4.69, 9.17) is 9.15 Å². The third-order valence-electron chi connectivity index (χ3n) is 4.56. The molecule has 2 heterocycles. The molecule has 7 nitrogen and oxygen atoms in total. The van der Waals surface area contributed by atoms with Gasteiger partial charge in [-0.05, 0) is 67.1 Å². The van der Waals surface area contributed by atoms with Gasteiger partial charge in [-0.3, -0.25) is 9.59 Å². The molecule has 0 radical (unpaired) electrons. The van der Waals surface area contributed by atoms with Crippen LogP contribution in [0.2, 0.25) is 0 Å². The standard InChI is InChI=1S/C22H18N2O5/c25-20-4-1-13-24(20)17-9-11-18(12-10-17)29-22(27)15-5-7-16(8-6-15)23-21(26)19-3-2-14-28-19/h2-3,5-12,14H,1,4,13H2,(H,23,26). The van der Waals surface area contributed by atoms with Gasteiger partial charge in [0, 0.05) is 24.3 Å². The van der Waals surface area contributed by atoms with E-state index in [1.807, 2.05) is 0 Å². The molecule has 0 unspecified atom stereocenters. The molecule has 146 valence electrons. The first-order chi connectivity index (χ1) is 14.1. The zero-order valence-electron chi connectivity index (χ0n) is 15.5. The Morgan fingerprint density at radius 1 is 1.00 bits per heavy atom. The Bertz CT molecular complexity index is 1020. The summed E-state index contributed by atoms with van der Waals surface area (Å²) < 4.78 is 10.4. The number of esters is 1. The summed E-state index contributed by atoms with van der Waals surface area (Å²) in [5.74, 6) is -0.192. The molecular weight excluding hydrogens is 372 g/mol. The van der Waals surface area contributed by atoms with E-state index in [-0.39, 0.29) is 17.6 Å². The highest BCUT2D eigenvalue weighted by atomic mass is 16.5. The third-order valence-corrected chi connectivity index (χ3v) is 4.56. The number of carbonyl (C=O) groups excluding carboxylic acids is 3. The number of anilines is 2. The lowest BCUT2D eigenvalue weighted by atomic mass is 10.2. The van der Waals surface area contributed by atoms with Gasteiger partial charge >= 0.3 is 5.97 Å². The molecule has 0 spiro atoms. The van der Waals surface area contributed by atoms with Crippen molar-refractivity contribution >= 4 is 29.2 Å². The molecule has 0 atom stereocenters. The maximum absolute atomic E-state index is 12.3. The van der Waals surface area contributed by atoms with E-state index in [0.717, 1.165) is 12.1 Å². The zero-order chi connectivity index (χ0) is 20.2. The van der Waals surface area contributed by atoms with Gasteiger partial charge in [0.1, 0.15) is 5.75 Å². The predicted molar refractivity (Wildman–Crippen MR) is 106 cm³/mol. The van der Waals surface area contributed by atoms with Crippen LogP contribution in [0.1, 0.15) is 33.8 Å². The van der Waals surface area contributed by atoms with Crippen molar-refractivity contribution in [3.63, 3.8) is 0 Å². The predicted octanol–water partition coefficient (Wildman–Crippen LogP) is 3.88. The second-order valence-corrected chi connectivity index (χ2v) is 6.54. The topological polar surface area (TPSA) is 88.9 Å². The molecule has 1 saturated heterocycles. The van der Waals surface area contributed by atoms with Crippen LogP contribution in [0.5, 0.6) is 5.75 Å². The number of ether oxygens (including phenoxy) is 1. The van der Waals surface area contributed by atoms with E-state index < -0.39 is 5.97 Å². The number of nitrogens with one attached hydrogen (secondary N) is 1. The number of nitrogens with zero attached hydrogens (tertiary/aromatic N) is 1. The van der Waals surface area contributed by atoms with Crippen molar-refractivity contribution in [2.45, 2.75) is 12.8 Å². The zero-order valence-corrected chi connectivity index (χ0v) is 15.5. The van der Waals surface area contributed by atoms with Gasteiger partial charge < -0.3 is 19.4 Å². The van der Waals surface area contributed by atoms with Crippen LogP contribution in [-0.2, 0) is 4.79 Å². The maximum Gasteiger partial charge on any atom is 0.343 e. The average molecular weight is 390 g/mol. The highest BCUT2D eigenvalue weighted by Gasteiger charge is 2.21. The second-order valence-electron chi connectivity index (χ2n) is 6.54. The molecule has 1 aliphatic heterocycles. The molecule has 2 aromatic carbocycles. The van der Waals surface area contributed by atoms with E-state index in [1.165, 1.54) is 6.26 Å². The first kappa shape index (κ1) is 18.5. The van der Waals surface area contributed by atoms with Gasteiger partial charge in [-0.1, -0.05) is 0 Å². The fourth-order valence-corrected chi connectivity index (χ4v) is 3.07. The summed E-state index contributed by atoms with van der Waals surface area (Å²) in [7, 11) is 0. The SMILES string of the molecule is O=C(Oc1ccc(N2CCCC2=O)cc1)c1ccc(NC(=O)c2ccco2)cc1. The highest BCUT2D eigenvalue weighted by Crippen LogP contribution is 2.24. The largest absolute Gasteiger partial charge is 0.459 e. The molecule has 3 aromatic rings. The van der Waals surface area contributed by atoms with E-state index in [2.05, 4.69) is 5.32 Å². The molecule has 4 rings (SSSR count). The number of benzene rings is 2. The van der Waals surface area contributed by atoms with Crippen molar-refractivity contribution in [1.29, 1.82) is 0 Å². The van der Waals surface area contributed by atoms with Gasteiger partial charge in [0.05, 0.1) is 11.8 Å². The first-order valence-corrected chi connectivity index (χ1v) is 9.18. The fourth-order valence-electron chi connectivity index (χ4n) is 3.07. The van der Waals surface area contributed by atoms with E-state index in [1.54, 1.807) is 65.6 Å². The molecule has 2 amide bonds. The minimum Gasteiger partial charge on any atom is -0.459 e. The van der Waals surface area contributed by atoms with Gasteiger partial charge in [0.2, 0.25) is 5.91 Å². The van der Waals surface area contributed by atoms with Gasteiger partial charge in [-0.2, -0.15) is 0 Å². The number of rotatable bonds is 5. The molecule has 0 bridgehead atoms. The van der Waals surface area contributed by atoms with Crippen LogP contribution in [0.3, 0.4) is 0 Å². The summed E-state index contributed by atoms with van der Waals surface area (Å²) in [4.78, 5) is 37.8. The summed E-state index contributed by atoms with van der Waals surface area (Å²) in [6.07, 6.45) is 2.84. The summed E-state index contributed by atoms with van der Waals surface area (Å²) >= 11 is 0. The Kier molecular flexibility index (Phi) is 5.11. The molecule has 0 saturated carbocycles. The maximum atomic E-state index is 12.3. The average Bonchev–Trinajstić information content (AvgIpc) is 3.41. The van der Waals surface area contributed by atoms with Crippen LogP contribution in [-0.4, -0.2) is 24.3 Å². The Labute approximate surface area is 166 Å². The minimum absolute atomic E-state index is 0.106. The number of amides is 2. The Morgan fingerprint density at radius 2 is 1.76 bits per heavy atom. The van der Waals surface area contributed by atoms with Crippen molar-refractivity contribution in [1.82, 2.24) is 0 Å². The number of carbonyl (C=O) groups is 3. The van der Waals surface area contributed by atoms with Crippen LogP contribution in [0.4, 0.5) is 11.4 Å². The molecule has 29 heavy (non-hydrogen) atoms. The molecule has 1 N–H and O–H groups in total. The molecule has 7 heteroatoms. The number of hydrogen-bond donors (Lipinski definition) is 1. The van der Waals surface area contributed by atoms with E-state index in [0.29, 0.717) is 30.0 Å². The van der Waals surface area contributed by atoms with E-state index in [9.17, 15) is 14.4 Å². The van der Waals surface area contributed by atoms with Crippen LogP contribution in [0.15, 0.2) is 71.3 Å².